The maximum Gasteiger partial charge on any atom is 0.317 e. The molecule has 1 aliphatic rings. The first kappa shape index (κ1) is 11.8. The molecule has 0 radical (unpaired) electrons. The van der Waals surface area contributed by atoms with Gasteiger partial charge in [0.15, 0.2) is 5.78 Å². The normalized spacial score (nSPS) is 24.6. The van der Waals surface area contributed by atoms with Crippen molar-refractivity contribution in [3.63, 3.8) is 0 Å². The van der Waals surface area contributed by atoms with Gasteiger partial charge in [0.1, 0.15) is 5.41 Å². The quantitative estimate of drug-likeness (QED) is 0.809. The Hall–Kier alpha value is -1.71. The molecule has 17 heavy (non-hydrogen) atoms. The van der Waals surface area contributed by atoms with Crippen LogP contribution in [-0.2, 0) is 16.0 Å². The van der Waals surface area contributed by atoms with Crippen LogP contribution in [0.25, 0.3) is 0 Å². The van der Waals surface area contributed by atoms with Crippen molar-refractivity contribution in [2.75, 3.05) is 0 Å². The second kappa shape index (κ2) is 4.65. The largest absolute Gasteiger partial charge is 0.480 e. The molecule has 0 bridgehead atoms. The first-order chi connectivity index (χ1) is 8.15. The van der Waals surface area contributed by atoms with E-state index in [2.05, 4.69) is 4.98 Å². The number of hydrogen-bond acceptors (Lipinski definition) is 3. The molecule has 1 aromatic rings. The number of pyridine rings is 1. The van der Waals surface area contributed by atoms with Gasteiger partial charge in [-0.3, -0.25) is 14.6 Å². The van der Waals surface area contributed by atoms with Gasteiger partial charge >= 0.3 is 5.97 Å². The van der Waals surface area contributed by atoms with Gasteiger partial charge in [0.05, 0.1) is 0 Å². The van der Waals surface area contributed by atoms with E-state index in [9.17, 15) is 14.7 Å². The van der Waals surface area contributed by atoms with Gasteiger partial charge < -0.3 is 5.11 Å². The lowest BCUT2D eigenvalue weighted by Gasteiger charge is -2.31. The van der Waals surface area contributed by atoms with Gasteiger partial charge in [0.25, 0.3) is 0 Å². The van der Waals surface area contributed by atoms with Crippen LogP contribution in [0.4, 0.5) is 0 Å². The Bertz CT molecular complexity index is 430. The summed E-state index contributed by atoms with van der Waals surface area (Å²) >= 11 is 0. The number of carboxylic acids is 1. The van der Waals surface area contributed by atoms with E-state index in [1.165, 1.54) is 0 Å². The molecule has 1 aliphatic carbocycles. The summed E-state index contributed by atoms with van der Waals surface area (Å²) < 4.78 is 0. The van der Waals surface area contributed by atoms with Crippen molar-refractivity contribution in [1.82, 2.24) is 4.98 Å². The first-order valence-electron chi connectivity index (χ1n) is 5.81. The lowest BCUT2D eigenvalue weighted by molar-refractivity contribution is -0.157. The van der Waals surface area contributed by atoms with Crippen LogP contribution in [0.2, 0.25) is 0 Å². The Morgan fingerprint density at radius 3 is 2.65 bits per heavy atom. The molecule has 1 atom stereocenters. The van der Waals surface area contributed by atoms with E-state index in [4.69, 9.17) is 0 Å². The molecular weight excluding hydrogens is 218 g/mol. The molecule has 0 amide bonds. The number of nitrogens with zero attached hydrogens (tertiary/aromatic N) is 1. The lowest BCUT2D eigenvalue weighted by atomic mass is 9.69. The summed E-state index contributed by atoms with van der Waals surface area (Å²) in [6, 6.07) is 3.54. The van der Waals surface area contributed by atoms with Crippen LogP contribution in [0.3, 0.4) is 0 Å². The molecule has 4 heteroatoms. The van der Waals surface area contributed by atoms with E-state index in [0.29, 0.717) is 12.8 Å². The predicted molar refractivity (Wildman–Crippen MR) is 61.5 cm³/mol. The molecule has 2 rings (SSSR count). The SMILES string of the molecule is O=C(O)C1(Cc2ccncc2)CCCCC1=O. The molecule has 90 valence electrons. The molecule has 0 aromatic carbocycles. The molecule has 0 saturated heterocycles. The Kier molecular flexibility index (Phi) is 3.22. The third kappa shape index (κ3) is 2.20. The number of aliphatic carboxylic acids is 1. The molecule has 0 spiro atoms. The molecule has 1 aromatic heterocycles. The minimum atomic E-state index is -1.21. The van der Waals surface area contributed by atoms with Gasteiger partial charge in [-0.05, 0) is 37.0 Å². The summed E-state index contributed by atoms with van der Waals surface area (Å²) in [6.45, 7) is 0. The highest BCUT2D eigenvalue weighted by Crippen LogP contribution is 2.36. The smallest absolute Gasteiger partial charge is 0.317 e. The average molecular weight is 233 g/mol. The van der Waals surface area contributed by atoms with Crippen LogP contribution >= 0.6 is 0 Å². The summed E-state index contributed by atoms with van der Waals surface area (Å²) in [5.74, 6) is -1.12. The van der Waals surface area contributed by atoms with Gasteiger partial charge in [-0.2, -0.15) is 0 Å². The van der Waals surface area contributed by atoms with E-state index in [1.807, 2.05) is 0 Å². The fraction of sp³-hybridized carbons (Fsp3) is 0.462. The molecule has 1 N–H and O–H groups in total. The molecule has 1 unspecified atom stereocenters. The minimum absolute atomic E-state index is 0.131. The second-order valence-electron chi connectivity index (χ2n) is 4.55. The van der Waals surface area contributed by atoms with Gasteiger partial charge in [-0.25, -0.2) is 0 Å². The van der Waals surface area contributed by atoms with Crippen LogP contribution in [0, 0.1) is 5.41 Å². The maximum atomic E-state index is 12.0. The molecule has 1 fully saturated rings. The van der Waals surface area contributed by atoms with E-state index < -0.39 is 11.4 Å². The third-order valence-electron chi connectivity index (χ3n) is 3.46. The summed E-state index contributed by atoms with van der Waals surface area (Å²) in [7, 11) is 0. The van der Waals surface area contributed by atoms with Crippen molar-refractivity contribution in [2.24, 2.45) is 5.41 Å². The summed E-state index contributed by atoms with van der Waals surface area (Å²) in [6.07, 6.45) is 5.98. The topological polar surface area (TPSA) is 67.3 Å². The van der Waals surface area contributed by atoms with E-state index in [0.717, 1.165) is 18.4 Å². The highest BCUT2D eigenvalue weighted by molar-refractivity contribution is 6.03. The van der Waals surface area contributed by atoms with Crippen LogP contribution in [0.5, 0.6) is 0 Å². The maximum absolute atomic E-state index is 12.0. The molecule has 4 nitrogen and oxygen atoms in total. The highest BCUT2D eigenvalue weighted by atomic mass is 16.4. The van der Waals surface area contributed by atoms with Crippen molar-refractivity contribution in [2.45, 2.75) is 32.1 Å². The zero-order chi connectivity index (χ0) is 12.3. The monoisotopic (exact) mass is 233 g/mol. The molecule has 1 heterocycles. The molecule has 0 aliphatic heterocycles. The zero-order valence-electron chi connectivity index (χ0n) is 9.56. The van der Waals surface area contributed by atoms with E-state index in [-0.39, 0.29) is 12.2 Å². The van der Waals surface area contributed by atoms with Crippen molar-refractivity contribution in [3.8, 4) is 0 Å². The zero-order valence-corrected chi connectivity index (χ0v) is 9.56. The van der Waals surface area contributed by atoms with Gasteiger partial charge in [0.2, 0.25) is 0 Å². The van der Waals surface area contributed by atoms with Crippen molar-refractivity contribution in [1.29, 1.82) is 0 Å². The van der Waals surface area contributed by atoms with Crippen LogP contribution in [0.15, 0.2) is 24.5 Å². The highest BCUT2D eigenvalue weighted by Gasteiger charge is 2.46. The fourth-order valence-electron chi connectivity index (χ4n) is 2.43. The molecule has 1 saturated carbocycles. The molecular formula is C13H15NO3. The Balaban J connectivity index is 2.29. The lowest BCUT2D eigenvalue weighted by Crippen LogP contribution is -2.43. The third-order valence-corrected chi connectivity index (χ3v) is 3.46. The van der Waals surface area contributed by atoms with Crippen molar-refractivity contribution < 1.29 is 14.7 Å². The van der Waals surface area contributed by atoms with Gasteiger partial charge in [0, 0.05) is 18.8 Å². The number of ketones is 1. The number of hydrogen-bond donors (Lipinski definition) is 1. The van der Waals surface area contributed by atoms with E-state index >= 15 is 0 Å². The van der Waals surface area contributed by atoms with E-state index in [1.54, 1.807) is 24.5 Å². The standard InChI is InChI=1S/C13H15NO3/c15-11-3-1-2-6-13(11,12(16)17)9-10-4-7-14-8-5-10/h4-5,7-8H,1-3,6,9H2,(H,16,17). The number of Topliss-reactive ketones (excluding diaryl/α,β-unsaturated/α-hetero) is 1. The minimum Gasteiger partial charge on any atom is -0.480 e. The van der Waals surface area contributed by atoms with Gasteiger partial charge in [-0.1, -0.05) is 6.42 Å². The number of aromatic nitrogens is 1. The van der Waals surface area contributed by atoms with Crippen LogP contribution in [-0.4, -0.2) is 21.8 Å². The Morgan fingerprint density at radius 1 is 1.35 bits per heavy atom. The number of carbonyl (C=O) groups excluding carboxylic acids is 1. The van der Waals surface area contributed by atoms with Crippen molar-refractivity contribution in [3.05, 3.63) is 30.1 Å². The Morgan fingerprint density at radius 2 is 2.06 bits per heavy atom. The number of rotatable bonds is 3. The summed E-state index contributed by atoms with van der Waals surface area (Å²) in [5, 5.41) is 9.38. The first-order valence-corrected chi connectivity index (χ1v) is 5.81. The van der Waals surface area contributed by atoms with Gasteiger partial charge in [-0.15, -0.1) is 0 Å². The number of carbonyl (C=O) groups is 2. The van der Waals surface area contributed by atoms with Crippen molar-refractivity contribution >= 4 is 11.8 Å². The summed E-state index contributed by atoms with van der Waals surface area (Å²) in [4.78, 5) is 27.3. The summed E-state index contributed by atoms with van der Waals surface area (Å²) in [5.41, 5.74) is -0.350. The second-order valence-corrected chi connectivity index (χ2v) is 4.55. The predicted octanol–water partition coefficient (Wildman–Crippen LogP) is 1.84. The number of carboxylic acid groups (broad SMARTS) is 1. The Labute approximate surface area is 99.7 Å². The average Bonchev–Trinajstić information content (AvgIpc) is 2.33. The fourth-order valence-corrected chi connectivity index (χ4v) is 2.43. The van der Waals surface area contributed by atoms with Crippen LogP contribution in [0.1, 0.15) is 31.2 Å². The van der Waals surface area contributed by atoms with Crippen LogP contribution < -0.4 is 0 Å².